The van der Waals surface area contributed by atoms with E-state index in [1.165, 1.54) is 0 Å². The van der Waals surface area contributed by atoms with Crippen molar-refractivity contribution in [3.8, 4) is 0 Å². The number of hydrogen-bond donors (Lipinski definition) is 3. The first kappa shape index (κ1) is 15.1. The summed E-state index contributed by atoms with van der Waals surface area (Å²) >= 11 is 0. The molecule has 1 atom stereocenters. The average Bonchev–Trinajstić information content (AvgIpc) is 2.96. The third-order valence-electron chi connectivity index (χ3n) is 4.26. The fourth-order valence-corrected chi connectivity index (χ4v) is 2.92. The van der Waals surface area contributed by atoms with Gasteiger partial charge in [-0.2, -0.15) is 0 Å². The lowest BCUT2D eigenvalue weighted by Gasteiger charge is -2.26. The van der Waals surface area contributed by atoms with Crippen LogP contribution in [0.2, 0.25) is 0 Å². The highest BCUT2D eigenvalue weighted by atomic mass is 16.5. The van der Waals surface area contributed by atoms with Gasteiger partial charge < -0.3 is 20.5 Å². The second kappa shape index (κ2) is 7.47. The number of urea groups is 1. The van der Waals surface area contributed by atoms with Crippen LogP contribution in [0.15, 0.2) is 0 Å². The molecule has 6 nitrogen and oxygen atoms in total. The quantitative estimate of drug-likeness (QED) is 0.711. The molecule has 3 N–H and O–H groups in total. The molecule has 0 radical (unpaired) electrons. The van der Waals surface area contributed by atoms with E-state index in [4.69, 9.17) is 9.84 Å². The first-order valence-electron chi connectivity index (χ1n) is 7.51. The van der Waals surface area contributed by atoms with Crippen LogP contribution in [0.5, 0.6) is 0 Å². The van der Waals surface area contributed by atoms with Gasteiger partial charge in [0.1, 0.15) is 0 Å². The molecule has 1 saturated heterocycles. The Kier molecular flexibility index (Phi) is 5.64. The molecule has 0 spiro atoms. The van der Waals surface area contributed by atoms with E-state index < -0.39 is 5.97 Å². The Morgan fingerprint density at radius 3 is 2.35 bits per heavy atom. The zero-order chi connectivity index (χ0) is 14.4. The summed E-state index contributed by atoms with van der Waals surface area (Å²) in [7, 11) is 0. The SMILES string of the molecule is O=C(NCC1CCC(C(=O)O)CC1)NCC1CCCO1. The van der Waals surface area contributed by atoms with E-state index in [0.717, 1.165) is 45.1 Å². The molecule has 1 saturated carbocycles. The first-order valence-corrected chi connectivity index (χ1v) is 7.51. The summed E-state index contributed by atoms with van der Waals surface area (Å²) in [6.45, 7) is 1.99. The summed E-state index contributed by atoms with van der Waals surface area (Å²) in [6.07, 6.45) is 5.44. The molecule has 1 aliphatic heterocycles. The third kappa shape index (κ3) is 4.67. The Labute approximate surface area is 119 Å². The molecule has 2 amide bonds. The fraction of sp³-hybridized carbons (Fsp3) is 0.857. The van der Waals surface area contributed by atoms with Gasteiger partial charge in [0.15, 0.2) is 0 Å². The lowest BCUT2D eigenvalue weighted by molar-refractivity contribution is -0.143. The molecule has 1 unspecified atom stereocenters. The van der Waals surface area contributed by atoms with Crippen LogP contribution in [-0.4, -0.2) is 42.9 Å². The van der Waals surface area contributed by atoms with Gasteiger partial charge in [-0.05, 0) is 44.4 Å². The van der Waals surface area contributed by atoms with Crippen LogP contribution in [0.4, 0.5) is 4.79 Å². The zero-order valence-corrected chi connectivity index (χ0v) is 11.8. The van der Waals surface area contributed by atoms with E-state index in [-0.39, 0.29) is 18.1 Å². The Morgan fingerprint density at radius 1 is 1.05 bits per heavy atom. The van der Waals surface area contributed by atoms with Crippen LogP contribution in [0, 0.1) is 11.8 Å². The highest BCUT2D eigenvalue weighted by Crippen LogP contribution is 2.28. The normalized spacial score (nSPS) is 29.9. The predicted molar refractivity (Wildman–Crippen MR) is 73.5 cm³/mol. The molecule has 6 heteroatoms. The maximum absolute atomic E-state index is 11.6. The standard InChI is InChI=1S/C14H24N2O4/c17-13(18)11-5-3-10(4-6-11)8-15-14(19)16-9-12-2-1-7-20-12/h10-12H,1-9H2,(H,17,18)(H2,15,16,19). The number of amides is 2. The number of ether oxygens (including phenoxy) is 1. The summed E-state index contributed by atoms with van der Waals surface area (Å²) in [5.74, 6) is -0.482. The van der Waals surface area contributed by atoms with E-state index in [0.29, 0.717) is 19.0 Å². The molecule has 2 fully saturated rings. The number of carboxylic acids is 1. The fourth-order valence-electron chi connectivity index (χ4n) is 2.92. The number of carboxylic acid groups (broad SMARTS) is 1. The van der Waals surface area contributed by atoms with Gasteiger partial charge in [0, 0.05) is 19.7 Å². The van der Waals surface area contributed by atoms with Gasteiger partial charge >= 0.3 is 12.0 Å². The van der Waals surface area contributed by atoms with Gasteiger partial charge in [-0.25, -0.2) is 4.79 Å². The highest BCUT2D eigenvalue weighted by molar-refractivity contribution is 5.73. The summed E-state index contributed by atoms with van der Waals surface area (Å²) < 4.78 is 5.43. The smallest absolute Gasteiger partial charge is 0.314 e. The molecule has 0 aromatic heterocycles. The molecule has 114 valence electrons. The van der Waals surface area contributed by atoms with Crippen LogP contribution in [-0.2, 0) is 9.53 Å². The lowest BCUT2D eigenvalue weighted by atomic mass is 9.82. The third-order valence-corrected chi connectivity index (χ3v) is 4.26. The first-order chi connectivity index (χ1) is 9.65. The molecule has 2 aliphatic rings. The van der Waals surface area contributed by atoms with E-state index in [2.05, 4.69) is 10.6 Å². The number of nitrogens with one attached hydrogen (secondary N) is 2. The van der Waals surface area contributed by atoms with E-state index >= 15 is 0 Å². The van der Waals surface area contributed by atoms with Crippen LogP contribution < -0.4 is 10.6 Å². The van der Waals surface area contributed by atoms with Gasteiger partial charge in [-0.1, -0.05) is 0 Å². The second-order valence-corrected chi connectivity index (χ2v) is 5.78. The molecule has 1 aliphatic carbocycles. The molecule has 1 heterocycles. The monoisotopic (exact) mass is 284 g/mol. The second-order valence-electron chi connectivity index (χ2n) is 5.78. The molecule has 0 aromatic rings. The average molecular weight is 284 g/mol. The van der Waals surface area contributed by atoms with Crippen molar-refractivity contribution < 1.29 is 19.4 Å². The van der Waals surface area contributed by atoms with Crippen molar-refractivity contribution in [2.75, 3.05) is 19.7 Å². The predicted octanol–water partition coefficient (Wildman–Crippen LogP) is 1.36. The van der Waals surface area contributed by atoms with Crippen molar-refractivity contribution in [2.24, 2.45) is 11.8 Å². The van der Waals surface area contributed by atoms with E-state index in [9.17, 15) is 9.59 Å². The number of aliphatic carboxylic acids is 1. The lowest BCUT2D eigenvalue weighted by Crippen LogP contribution is -2.42. The largest absolute Gasteiger partial charge is 0.481 e. The number of hydrogen-bond acceptors (Lipinski definition) is 3. The topological polar surface area (TPSA) is 87.7 Å². The molecule has 0 bridgehead atoms. The summed E-state index contributed by atoms with van der Waals surface area (Å²) in [5.41, 5.74) is 0. The van der Waals surface area contributed by atoms with Gasteiger partial charge in [-0.15, -0.1) is 0 Å². The molecule has 2 rings (SSSR count). The van der Waals surface area contributed by atoms with Crippen molar-refractivity contribution in [3.05, 3.63) is 0 Å². The number of rotatable bonds is 5. The van der Waals surface area contributed by atoms with Crippen LogP contribution in [0.3, 0.4) is 0 Å². The van der Waals surface area contributed by atoms with Crippen LogP contribution in [0.25, 0.3) is 0 Å². The highest BCUT2D eigenvalue weighted by Gasteiger charge is 2.26. The van der Waals surface area contributed by atoms with Gasteiger partial charge in [0.2, 0.25) is 0 Å². The Balaban J connectivity index is 1.56. The van der Waals surface area contributed by atoms with Crippen molar-refractivity contribution in [1.29, 1.82) is 0 Å². The number of carbonyl (C=O) groups excluding carboxylic acids is 1. The maximum Gasteiger partial charge on any atom is 0.314 e. The molecular formula is C14H24N2O4. The molecule has 20 heavy (non-hydrogen) atoms. The minimum absolute atomic E-state index is 0.152. The Morgan fingerprint density at radius 2 is 1.75 bits per heavy atom. The summed E-state index contributed by atoms with van der Waals surface area (Å²) in [5, 5.41) is 14.6. The Bertz CT molecular complexity index is 334. The summed E-state index contributed by atoms with van der Waals surface area (Å²) in [6, 6.07) is -0.152. The van der Waals surface area contributed by atoms with Gasteiger partial charge in [0.25, 0.3) is 0 Å². The minimum atomic E-state index is -0.689. The van der Waals surface area contributed by atoms with E-state index in [1.807, 2.05) is 0 Å². The van der Waals surface area contributed by atoms with Crippen molar-refractivity contribution >= 4 is 12.0 Å². The van der Waals surface area contributed by atoms with E-state index in [1.54, 1.807) is 0 Å². The van der Waals surface area contributed by atoms with Crippen molar-refractivity contribution in [2.45, 2.75) is 44.6 Å². The minimum Gasteiger partial charge on any atom is -0.481 e. The summed E-state index contributed by atoms with van der Waals surface area (Å²) in [4.78, 5) is 22.5. The zero-order valence-electron chi connectivity index (χ0n) is 11.8. The molecule has 0 aromatic carbocycles. The maximum atomic E-state index is 11.6. The van der Waals surface area contributed by atoms with Crippen LogP contribution in [0.1, 0.15) is 38.5 Å². The Hall–Kier alpha value is -1.30. The van der Waals surface area contributed by atoms with Gasteiger partial charge in [0.05, 0.1) is 12.0 Å². The number of carbonyl (C=O) groups is 2. The van der Waals surface area contributed by atoms with Crippen LogP contribution >= 0.6 is 0 Å². The van der Waals surface area contributed by atoms with Crippen molar-refractivity contribution in [1.82, 2.24) is 10.6 Å². The van der Waals surface area contributed by atoms with Crippen molar-refractivity contribution in [3.63, 3.8) is 0 Å². The molecular weight excluding hydrogens is 260 g/mol. The van der Waals surface area contributed by atoms with Gasteiger partial charge in [-0.3, -0.25) is 4.79 Å².